The second-order valence-electron chi connectivity index (χ2n) is 4.33. The number of hydrogen-bond donors (Lipinski definition) is 0. The normalized spacial score (nSPS) is 14.3. The molecule has 1 heterocycles. The van der Waals surface area contributed by atoms with Gasteiger partial charge >= 0.3 is 0 Å². The minimum atomic E-state index is -0.591. The Hall–Kier alpha value is -1.68. The van der Waals surface area contributed by atoms with Crippen molar-refractivity contribution in [3.05, 3.63) is 53.6 Å². The van der Waals surface area contributed by atoms with Gasteiger partial charge in [0.25, 0.3) is 0 Å². The highest BCUT2D eigenvalue weighted by Crippen LogP contribution is 2.35. The van der Waals surface area contributed by atoms with Crippen LogP contribution in [0, 0.1) is 11.6 Å². The smallest absolute Gasteiger partial charge is 0.164 e. The highest BCUT2D eigenvalue weighted by atomic mass is 32.2. The Balaban J connectivity index is 2.15. The molecule has 0 aliphatic carbocycles. The number of benzene rings is 2. The highest BCUT2D eigenvalue weighted by molar-refractivity contribution is 7.99. The van der Waals surface area contributed by atoms with Crippen LogP contribution < -0.4 is 0 Å². The molecule has 2 aromatic rings. The van der Waals surface area contributed by atoms with Crippen molar-refractivity contribution in [3.63, 3.8) is 0 Å². The van der Waals surface area contributed by atoms with Crippen molar-refractivity contribution in [2.45, 2.75) is 11.3 Å². The lowest BCUT2D eigenvalue weighted by Gasteiger charge is -2.15. The van der Waals surface area contributed by atoms with E-state index in [2.05, 4.69) is 0 Å². The number of Topliss-reactive ketones (excluding diaryl/α,β-unsaturated/α-hetero) is 1. The lowest BCUT2D eigenvalue weighted by Crippen LogP contribution is -2.08. The van der Waals surface area contributed by atoms with Crippen LogP contribution in [0.15, 0.2) is 41.3 Å². The first kappa shape index (κ1) is 12.4. The lowest BCUT2D eigenvalue weighted by atomic mass is 10.0. The molecule has 0 amide bonds. The SMILES string of the molecule is O=C1CCSc2cc(-c3c(F)cccc3F)ccc21. The molecule has 4 heteroatoms. The predicted molar refractivity (Wildman–Crippen MR) is 71.5 cm³/mol. The number of halogens is 2. The van der Waals surface area contributed by atoms with Gasteiger partial charge in [-0.15, -0.1) is 11.8 Å². The molecule has 1 aliphatic rings. The van der Waals surface area contributed by atoms with Crippen molar-refractivity contribution in [1.82, 2.24) is 0 Å². The molecule has 0 unspecified atom stereocenters. The van der Waals surface area contributed by atoms with Crippen LogP contribution >= 0.6 is 11.8 Å². The summed E-state index contributed by atoms with van der Waals surface area (Å²) in [6, 6.07) is 8.75. The monoisotopic (exact) mass is 276 g/mol. The standard InChI is InChI=1S/C15H10F2OS/c16-11-2-1-3-12(17)15(11)9-4-5-10-13(18)6-7-19-14(10)8-9/h1-5,8H,6-7H2. The maximum absolute atomic E-state index is 13.7. The summed E-state index contributed by atoms with van der Waals surface area (Å²) in [5.41, 5.74) is 1.08. The first-order valence-corrected chi connectivity index (χ1v) is 6.90. The zero-order chi connectivity index (χ0) is 13.4. The van der Waals surface area contributed by atoms with Gasteiger partial charge in [0.1, 0.15) is 11.6 Å². The zero-order valence-electron chi connectivity index (χ0n) is 9.95. The Labute approximate surface area is 113 Å². The minimum absolute atomic E-state index is 0.0380. The van der Waals surface area contributed by atoms with E-state index in [0.29, 0.717) is 17.5 Å². The van der Waals surface area contributed by atoms with Gasteiger partial charge in [0.2, 0.25) is 0 Å². The number of rotatable bonds is 1. The number of ketones is 1. The fourth-order valence-electron chi connectivity index (χ4n) is 2.19. The van der Waals surface area contributed by atoms with Gasteiger partial charge in [0.15, 0.2) is 5.78 Å². The van der Waals surface area contributed by atoms with E-state index >= 15 is 0 Å². The van der Waals surface area contributed by atoms with E-state index in [-0.39, 0.29) is 11.3 Å². The topological polar surface area (TPSA) is 17.1 Å². The summed E-state index contributed by atoms with van der Waals surface area (Å²) in [7, 11) is 0. The Morgan fingerprint density at radius 3 is 2.53 bits per heavy atom. The van der Waals surface area contributed by atoms with Gasteiger partial charge in [-0.2, -0.15) is 0 Å². The summed E-state index contributed by atoms with van der Waals surface area (Å²) in [5, 5.41) is 0. The molecule has 0 radical (unpaired) electrons. The van der Waals surface area contributed by atoms with Gasteiger partial charge < -0.3 is 0 Å². The molecule has 3 rings (SSSR count). The number of carbonyl (C=O) groups excluding carboxylic acids is 1. The summed E-state index contributed by atoms with van der Waals surface area (Å²) >= 11 is 1.55. The van der Waals surface area contributed by atoms with Gasteiger partial charge in [0.05, 0.1) is 5.56 Å². The highest BCUT2D eigenvalue weighted by Gasteiger charge is 2.19. The van der Waals surface area contributed by atoms with Gasteiger partial charge in [-0.25, -0.2) is 8.78 Å². The van der Waals surface area contributed by atoms with Gasteiger partial charge in [-0.3, -0.25) is 4.79 Å². The third kappa shape index (κ3) is 2.16. The maximum Gasteiger partial charge on any atom is 0.164 e. The fraction of sp³-hybridized carbons (Fsp3) is 0.133. The van der Waals surface area contributed by atoms with E-state index in [4.69, 9.17) is 0 Å². The summed E-state index contributed by atoms with van der Waals surface area (Å²) in [6.07, 6.45) is 0.519. The van der Waals surface area contributed by atoms with Gasteiger partial charge in [-0.05, 0) is 29.8 Å². The molecular formula is C15H10F2OS. The molecule has 0 saturated heterocycles. The third-order valence-electron chi connectivity index (χ3n) is 3.12. The van der Waals surface area contributed by atoms with Gasteiger partial charge in [-0.1, -0.05) is 12.1 Å². The molecule has 1 nitrogen and oxygen atoms in total. The Morgan fingerprint density at radius 1 is 1.05 bits per heavy atom. The molecule has 96 valence electrons. The molecular weight excluding hydrogens is 266 g/mol. The quantitative estimate of drug-likeness (QED) is 0.772. The third-order valence-corrected chi connectivity index (χ3v) is 4.18. The average molecular weight is 276 g/mol. The molecule has 0 fully saturated rings. The summed E-state index contributed by atoms with van der Waals surface area (Å²) in [6.45, 7) is 0. The van der Waals surface area contributed by atoms with Crippen LogP contribution in [0.2, 0.25) is 0 Å². The Kier molecular flexibility index (Phi) is 3.11. The molecule has 0 spiro atoms. The molecule has 0 bridgehead atoms. The van der Waals surface area contributed by atoms with E-state index in [1.807, 2.05) is 0 Å². The van der Waals surface area contributed by atoms with Gasteiger partial charge in [0, 0.05) is 22.6 Å². The number of carbonyl (C=O) groups is 1. The van der Waals surface area contributed by atoms with Crippen molar-refractivity contribution >= 4 is 17.5 Å². The first-order valence-electron chi connectivity index (χ1n) is 5.91. The average Bonchev–Trinajstić information content (AvgIpc) is 2.39. The van der Waals surface area contributed by atoms with Crippen molar-refractivity contribution in [2.24, 2.45) is 0 Å². The van der Waals surface area contributed by atoms with Crippen molar-refractivity contribution in [3.8, 4) is 11.1 Å². The van der Waals surface area contributed by atoms with E-state index in [9.17, 15) is 13.6 Å². The largest absolute Gasteiger partial charge is 0.294 e. The van der Waals surface area contributed by atoms with E-state index in [1.54, 1.807) is 30.0 Å². The van der Waals surface area contributed by atoms with Crippen LogP contribution in [0.4, 0.5) is 8.78 Å². The lowest BCUT2D eigenvalue weighted by molar-refractivity contribution is 0.0985. The molecule has 0 N–H and O–H groups in total. The Bertz CT molecular complexity index is 647. The summed E-state index contributed by atoms with van der Waals surface area (Å²) in [4.78, 5) is 12.5. The van der Waals surface area contributed by atoms with Crippen LogP contribution in [-0.2, 0) is 0 Å². The van der Waals surface area contributed by atoms with Crippen LogP contribution in [-0.4, -0.2) is 11.5 Å². The zero-order valence-corrected chi connectivity index (χ0v) is 10.8. The molecule has 0 atom stereocenters. The predicted octanol–water partition coefficient (Wildman–Crippen LogP) is 4.31. The van der Waals surface area contributed by atoms with Crippen LogP contribution in [0.1, 0.15) is 16.8 Å². The molecule has 1 aliphatic heterocycles. The van der Waals surface area contributed by atoms with E-state index in [1.165, 1.54) is 18.2 Å². The maximum atomic E-state index is 13.7. The van der Waals surface area contributed by atoms with E-state index in [0.717, 1.165) is 10.6 Å². The van der Waals surface area contributed by atoms with Crippen LogP contribution in [0.5, 0.6) is 0 Å². The fourth-order valence-corrected chi connectivity index (χ4v) is 3.24. The first-order chi connectivity index (χ1) is 9.16. The number of hydrogen-bond acceptors (Lipinski definition) is 2. The number of thioether (sulfide) groups is 1. The van der Waals surface area contributed by atoms with E-state index < -0.39 is 11.6 Å². The van der Waals surface area contributed by atoms with Crippen LogP contribution in [0.3, 0.4) is 0 Å². The summed E-state index contributed by atoms with van der Waals surface area (Å²) in [5.74, 6) is -0.372. The molecule has 19 heavy (non-hydrogen) atoms. The Morgan fingerprint density at radius 2 is 1.79 bits per heavy atom. The minimum Gasteiger partial charge on any atom is -0.294 e. The van der Waals surface area contributed by atoms with Crippen molar-refractivity contribution in [2.75, 3.05) is 5.75 Å². The van der Waals surface area contributed by atoms with Crippen molar-refractivity contribution < 1.29 is 13.6 Å². The molecule has 2 aromatic carbocycles. The number of fused-ring (bicyclic) bond motifs is 1. The van der Waals surface area contributed by atoms with Crippen LogP contribution in [0.25, 0.3) is 11.1 Å². The summed E-state index contributed by atoms with van der Waals surface area (Å²) < 4.78 is 27.5. The second-order valence-corrected chi connectivity index (χ2v) is 5.47. The molecule has 0 aromatic heterocycles. The van der Waals surface area contributed by atoms with Crippen molar-refractivity contribution in [1.29, 1.82) is 0 Å². The second kappa shape index (κ2) is 4.78. The molecule has 0 saturated carbocycles.